The molecule has 0 amide bonds. The third kappa shape index (κ3) is 4.90. The molecule has 0 atom stereocenters. The Bertz CT molecular complexity index is 447. The summed E-state index contributed by atoms with van der Waals surface area (Å²) in [6, 6.07) is 6.61. The fourth-order valence-corrected chi connectivity index (χ4v) is 2.06. The zero-order valence-electron chi connectivity index (χ0n) is 12.1. The molecule has 0 radical (unpaired) electrons. The lowest BCUT2D eigenvalue weighted by atomic mass is 9.86. The number of anilines is 1. The molecule has 0 aliphatic rings. The molecule has 0 spiro atoms. The van der Waals surface area contributed by atoms with Gasteiger partial charge >= 0.3 is 0 Å². The quantitative estimate of drug-likeness (QED) is 0.722. The Balaban J connectivity index is 2.61. The number of unbranched alkanes of at least 4 members (excludes halogenated alkanes) is 2. The van der Waals surface area contributed by atoms with Crippen molar-refractivity contribution in [1.29, 1.82) is 5.26 Å². The van der Waals surface area contributed by atoms with Crippen LogP contribution in [-0.2, 0) is 0 Å². The van der Waals surface area contributed by atoms with E-state index in [1.165, 1.54) is 25.3 Å². The van der Waals surface area contributed by atoms with Gasteiger partial charge in [-0.3, -0.25) is 0 Å². The second-order valence-corrected chi connectivity index (χ2v) is 5.75. The maximum absolute atomic E-state index is 13.5. The van der Waals surface area contributed by atoms with Crippen molar-refractivity contribution >= 4 is 5.69 Å². The van der Waals surface area contributed by atoms with E-state index < -0.39 is 5.82 Å². The maximum atomic E-state index is 13.5. The second-order valence-electron chi connectivity index (χ2n) is 5.75. The van der Waals surface area contributed by atoms with Crippen LogP contribution < -0.4 is 5.32 Å². The monoisotopic (exact) mass is 262 g/mol. The maximum Gasteiger partial charge on any atom is 0.143 e. The van der Waals surface area contributed by atoms with Gasteiger partial charge < -0.3 is 5.32 Å². The van der Waals surface area contributed by atoms with Gasteiger partial charge in [0.05, 0.1) is 5.69 Å². The van der Waals surface area contributed by atoms with E-state index in [0.717, 1.165) is 13.0 Å². The van der Waals surface area contributed by atoms with Crippen molar-refractivity contribution in [2.24, 2.45) is 5.41 Å². The lowest BCUT2D eigenvalue weighted by molar-refractivity contribution is 0.342. The SMILES string of the molecule is CCCCCC(C)(C)CNc1cccc(F)c1C#N. The van der Waals surface area contributed by atoms with Crippen molar-refractivity contribution in [1.82, 2.24) is 0 Å². The van der Waals surface area contributed by atoms with Crippen LogP contribution in [0, 0.1) is 22.6 Å². The first kappa shape index (κ1) is 15.5. The molecular formula is C16H23FN2. The first-order valence-corrected chi connectivity index (χ1v) is 6.92. The van der Waals surface area contributed by atoms with E-state index in [0.29, 0.717) is 5.69 Å². The predicted octanol–water partition coefficient (Wildman–Crippen LogP) is 4.72. The van der Waals surface area contributed by atoms with Crippen LogP contribution in [0.4, 0.5) is 10.1 Å². The van der Waals surface area contributed by atoms with Crippen molar-refractivity contribution < 1.29 is 4.39 Å². The van der Waals surface area contributed by atoms with Crippen LogP contribution in [0.2, 0.25) is 0 Å². The molecule has 0 aliphatic heterocycles. The summed E-state index contributed by atoms with van der Waals surface area (Å²) < 4.78 is 13.5. The fourth-order valence-electron chi connectivity index (χ4n) is 2.06. The predicted molar refractivity (Wildman–Crippen MR) is 77.5 cm³/mol. The minimum Gasteiger partial charge on any atom is -0.383 e. The van der Waals surface area contributed by atoms with Crippen LogP contribution in [0.25, 0.3) is 0 Å². The number of benzene rings is 1. The Morgan fingerprint density at radius 2 is 2.05 bits per heavy atom. The average Bonchev–Trinajstić information content (AvgIpc) is 2.37. The van der Waals surface area contributed by atoms with Crippen molar-refractivity contribution in [2.75, 3.05) is 11.9 Å². The van der Waals surface area contributed by atoms with E-state index in [1.54, 1.807) is 12.1 Å². The molecule has 0 bridgehead atoms. The average molecular weight is 262 g/mol. The van der Waals surface area contributed by atoms with Crippen molar-refractivity contribution in [3.63, 3.8) is 0 Å². The van der Waals surface area contributed by atoms with E-state index in [4.69, 9.17) is 5.26 Å². The largest absolute Gasteiger partial charge is 0.383 e. The van der Waals surface area contributed by atoms with Gasteiger partial charge in [0.15, 0.2) is 0 Å². The molecule has 0 unspecified atom stereocenters. The highest BCUT2D eigenvalue weighted by Gasteiger charge is 2.18. The Morgan fingerprint density at radius 1 is 1.32 bits per heavy atom. The molecular weight excluding hydrogens is 239 g/mol. The summed E-state index contributed by atoms with van der Waals surface area (Å²) in [5, 5.41) is 12.2. The summed E-state index contributed by atoms with van der Waals surface area (Å²) in [6.07, 6.45) is 4.79. The normalized spacial score (nSPS) is 11.1. The van der Waals surface area contributed by atoms with Gasteiger partial charge in [-0.05, 0) is 24.0 Å². The molecule has 0 heterocycles. The third-order valence-electron chi connectivity index (χ3n) is 3.34. The topological polar surface area (TPSA) is 35.8 Å². The highest BCUT2D eigenvalue weighted by atomic mass is 19.1. The number of halogens is 1. The van der Waals surface area contributed by atoms with E-state index in [-0.39, 0.29) is 11.0 Å². The van der Waals surface area contributed by atoms with Gasteiger partial charge in [-0.1, -0.05) is 46.1 Å². The zero-order valence-corrected chi connectivity index (χ0v) is 12.1. The van der Waals surface area contributed by atoms with Gasteiger partial charge in [-0.2, -0.15) is 5.26 Å². The number of rotatable bonds is 7. The molecule has 1 rings (SSSR count). The zero-order chi connectivity index (χ0) is 14.3. The summed E-state index contributed by atoms with van der Waals surface area (Å²) >= 11 is 0. The minimum atomic E-state index is -0.462. The van der Waals surface area contributed by atoms with Gasteiger partial charge in [0.2, 0.25) is 0 Å². The summed E-state index contributed by atoms with van der Waals surface area (Å²) in [7, 11) is 0. The number of hydrogen-bond donors (Lipinski definition) is 1. The summed E-state index contributed by atoms with van der Waals surface area (Å²) in [4.78, 5) is 0. The molecule has 104 valence electrons. The van der Waals surface area contributed by atoms with Gasteiger partial charge in [0.1, 0.15) is 17.4 Å². The minimum absolute atomic E-state index is 0.104. The number of nitrogens with one attached hydrogen (secondary N) is 1. The number of hydrogen-bond acceptors (Lipinski definition) is 2. The second kappa shape index (κ2) is 7.13. The summed E-state index contributed by atoms with van der Waals surface area (Å²) in [6.45, 7) is 7.33. The first-order valence-electron chi connectivity index (χ1n) is 6.92. The molecule has 3 heteroatoms. The summed E-state index contributed by atoms with van der Waals surface area (Å²) in [5.41, 5.74) is 0.840. The smallest absolute Gasteiger partial charge is 0.143 e. The van der Waals surface area contributed by atoms with Crippen molar-refractivity contribution in [3.8, 4) is 6.07 Å². The van der Waals surface area contributed by atoms with Gasteiger partial charge in [-0.25, -0.2) is 4.39 Å². The third-order valence-corrected chi connectivity index (χ3v) is 3.34. The highest BCUT2D eigenvalue weighted by Crippen LogP contribution is 2.26. The Morgan fingerprint density at radius 3 is 2.68 bits per heavy atom. The Labute approximate surface area is 115 Å². The number of nitrogens with zero attached hydrogens (tertiary/aromatic N) is 1. The van der Waals surface area contributed by atoms with E-state index in [1.807, 2.05) is 6.07 Å². The molecule has 0 saturated heterocycles. The van der Waals surface area contributed by atoms with Gasteiger partial charge in [-0.15, -0.1) is 0 Å². The molecule has 0 aromatic heterocycles. The Hall–Kier alpha value is -1.56. The van der Waals surface area contributed by atoms with Crippen LogP contribution in [0.15, 0.2) is 18.2 Å². The molecule has 0 fully saturated rings. The van der Waals surface area contributed by atoms with E-state index >= 15 is 0 Å². The van der Waals surface area contributed by atoms with Crippen molar-refractivity contribution in [3.05, 3.63) is 29.6 Å². The standard InChI is InChI=1S/C16H23FN2/c1-4-5-6-10-16(2,3)12-19-15-9-7-8-14(17)13(15)11-18/h7-9,19H,4-6,10,12H2,1-3H3. The summed E-state index contributed by atoms with van der Waals surface area (Å²) in [5.74, 6) is -0.462. The van der Waals surface area contributed by atoms with E-state index in [2.05, 4.69) is 26.1 Å². The highest BCUT2D eigenvalue weighted by molar-refractivity contribution is 5.57. The van der Waals surface area contributed by atoms with Crippen molar-refractivity contribution in [2.45, 2.75) is 46.5 Å². The molecule has 2 nitrogen and oxygen atoms in total. The molecule has 1 aromatic carbocycles. The van der Waals surface area contributed by atoms with Crippen LogP contribution in [0.1, 0.15) is 52.0 Å². The molecule has 1 N–H and O–H groups in total. The van der Waals surface area contributed by atoms with Crippen LogP contribution >= 0.6 is 0 Å². The molecule has 19 heavy (non-hydrogen) atoms. The van der Waals surface area contributed by atoms with E-state index in [9.17, 15) is 4.39 Å². The fraction of sp³-hybridized carbons (Fsp3) is 0.562. The van der Waals surface area contributed by atoms with Crippen LogP contribution in [0.3, 0.4) is 0 Å². The van der Waals surface area contributed by atoms with Crippen LogP contribution in [-0.4, -0.2) is 6.54 Å². The van der Waals surface area contributed by atoms with Crippen LogP contribution in [0.5, 0.6) is 0 Å². The van der Waals surface area contributed by atoms with Gasteiger partial charge in [0, 0.05) is 6.54 Å². The number of nitriles is 1. The molecule has 0 saturated carbocycles. The lowest BCUT2D eigenvalue weighted by Crippen LogP contribution is -2.23. The lowest BCUT2D eigenvalue weighted by Gasteiger charge is -2.25. The molecule has 0 aliphatic carbocycles. The Kier molecular flexibility index (Phi) is 5.82. The van der Waals surface area contributed by atoms with Gasteiger partial charge in [0.25, 0.3) is 0 Å². The molecule has 1 aromatic rings. The first-order chi connectivity index (χ1) is 9.00.